The number of hydrogen-bond donors (Lipinski definition) is 0. The maximum atomic E-state index is 5.99. The van der Waals surface area contributed by atoms with Crippen LogP contribution in [-0.4, -0.2) is 44.4 Å². The van der Waals surface area contributed by atoms with E-state index in [-0.39, 0.29) is 0 Å². The second kappa shape index (κ2) is 5.25. The Hall–Kier alpha value is -1.13. The molecule has 21 heavy (non-hydrogen) atoms. The third-order valence-corrected chi connectivity index (χ3v) is 4.98. The lowest BCUT2D eigenvalue weighted by atomic mass is 10.2. The summed E-state index contributed by atoms with van der Waals surface area (Å²) in [7, 11) is 0. The zero-order valence-electron chi connectivity index (χ0n) is 12.4. The number of fused-ring (bicyclic) bond motifs is 1. The van der Waals surface area contributed by atoms with E-state index in [9.17, 15) is 0 Å². The van der Waals surface area contributed by atoms with Gasteiger partial charge in [0.1, 0.15) is 11.3 Å². The van der Waals surface area contributed by atoms with Crippen LogP contribution >= 0.6 is 11.6 Å². The Labute approximate surface area is 130 Å². The molecule has 1 aliphatic carbocycles. The van der Waals surface area contributed by atoms with E-state index in [1.54, 1.807) is 0 Å². The number of aryl methyl sites for hydroxylation is 2. The molecule has 0 N–H and O–H groups in total. The van der Waals surface area contributed by atoms with Crippen molar-refractivity contribution in [3.05, 3.63) is 23.7 Å². The van der Waals surface area contributed by atoms with Gasteiger partial charge in [0.25, 0.3) is 0 Å². The fourth-order valence-corrected chi connectivity index (χ4v) is 3.72. The Morgan fingerprint density at radius 1 is 1.29 bits per heavy atom. The highest BCUT2D eigenvalue weighted by atomic mass is 35.5. The van der Waals surface area contributed by atoms with E-state index in [1.807, 2.05) is 12.3 Å². The van der Waals surface area contributed by atoms with Gasteiger partial charge in [-0.2, -0.15) is 0 Å². The highest BCUT2D eigenvalue weighted by Gasteiger charge is 2.36. The average molecular weight is 305 g/mol. The van der Waals surface area contributed by atoms with E-state index in [2.05, 4.69) is 21.4 Å². The van der Waals surface area contributed by atoms with Crippen LogP contribution in [-0.2, 0) is 6.42 Å². The van der Waals surface area contributed by atoms with E-state index in [0.29, 0.717) is 11.9 Å². The van der Waals surface area contributed by atoms with Gasteiger partial charge in [-0.05, 0) is 37.8 Å². The minimum Gasteiger partial charge on any atom is -0.308 e. The predicted octanol–water partition coefficient (Wildman–Crippen LogP) is 2.93. The van der Waals surface area contributed by atoms with Crippen molar-refractivity contribution in [1.82, 2.24) is 19.4 Å². The van der Waals surface area contributed by atoms with Gasteiger partial charge in [-0.3, -0.25) is 4.90 Å². The first-order chi connectivity index (χ1) is 10.3. The number of pyridine rings is 1. The predicted molar refractivity (Wildman–Crippen MR) is 84.9 cm³/mol. The van der Waals surface area contributed by atoms with Crippen LogP contribution in [0.3, 0.4) is 0 Å². The van der Waals surface area contributed by atoms with Crippen LogP contribution < -0.4 is 0 Å². The molecule has 112 valence electrons. The van der Waals surface area contributed by atoms with Gasteiger partial charge >= 0.3 is 0 Å². The third kappa shape index (κ3) is 2.34. The standard InChI is InChI=1S/C16H21ClN4/c1-11-5-8-18-16-15(11)19-14(4-7-17)21(16)13-6-9-20(10-13)12-2-3-12/h5,8,12-13H,2-4,6-7,9-10H2,1H3. The minimum atomic E-state index is 0.503. The van der Waals surface area contributed by atoms with Crippen molar-refractivity contribution in [3.8, 4) is 0 Å². The van der Waals surface area contributed by atoms with Crippen molar-refractivity contribution in [2.24, 2.45) is 0 Å². The maximum absolute atomic E-state index is 5.99. The Morgan fingerprint density at radius 3 is 2.90 bits per heavy atom. The molecular weight excluding hydrogens is 284 g/mol. The van der Waals surface area contributed by atoms with Crippen LogP contribution in [0.25, 0.3) is 11.2 Å². The molecule has 1 saturated carbocycles. The smallest absolute Gasteiger partial charge is 0.160 e. The first-order valence-corrected chi connectivity index (χ1v) is 8.44. The van der Waals surface area contributed by atoms with E-state index in [0.717, 1.165) is 36.0 Å². The van der Waals surface area contributed by atoms with Gasteiger partial charge in [-0.1, -0.05) is 0 Å². The summed E-state index contributed by atoms with van der Waals surface area (Å²) in [6.07, 6.45) is 6.67. The highest BCUT2D eigenvalue weighted by molar-refractivity contribution is 6.17. The quantitative estimate of drug-likeness (QED) is 0.815. The average Bonchev–Trinajstić information content (AvgIpc) is 3.09. The largest absolute Gasteiger partial charge is 0.308 e. The summed E-state index contributed by atoms with van der Waals surface area (Å²) >= 11 is 5.99. The highest BCUT2D eigenvalue weighted by Crippen LogP contribution is 2.35. The van der Waals surface area contributed by atoms with Crippen LogP contribution in [0.1, 0.15) is 36.7 Å². The SMILES string of the molecule is Cc1ccnc2c1nc(CCCl)n2C1CCN(C2CC2)C1. The fourth-order valence-electron chi connectivity index (χ4n) is 3.55. The molecule has 4 nitrogen and oxygen atoms in total. The molecule has 3 heterocycles. The molecule has 0 radical (unpaired) electrons. The van der Waals surface area contributed by atoms with E-state index >= 15 is 0 Å². The summed E-state index contributed by atoms with van der Waals surface area (Å²) in [6, 6.07) is 3.38. The molecule has 1 aliphatic heterocycles. The molecule has 0 aromatic carbocycles. The molecule has 1 atom stereocenters. The van der Waals surface area contributed by atoms with Crippen LogP contribution in [0, 0.1) is 6.92 Å². The van der Waals surface area contributed by atoms with Crippen molar-refractivity contribution in [2.75, 3.05) is 19.0 Å². The molecule has 5 heteroatoms. The Balaban J connectivity index is 1.75. The lowest BCUT2D eigenvalue weighted by Gasteiger charge is -2.18. The van der Waals surface area contributed by atoms with Crippen molar-refractivity contribution >= 4 is 22.8 Å². The molecule has 0 amide bonds. The van der Waals surface area contributed by atoms with Crippen molar-refractivity contribution in [3.63, 3.8) is 0 Å². The summed E-state index contributed by atoms with van der Waals surface area (Å²) in [5.41, 5.74) is 3.28. The number of rotatable bonds is 4. The van der Waals surface area contributed by atoms with E-state index in [1.165, 1.54) is 31.4 Å². The van der Waals surface area contributed by atoms with Crippen LogP contribution in [0.4, 0.5) is 0 Å². The lowest BCUT2D eigenvalue weighted by Crippen LogP contribution is -2.24. The first kappa shape index (κ1) is 13.5. The fraction of sp³-hybridized carbons (Fsp3) is 0.625. The molecule has 0 bridgehead atoms. The Kier molecular flexibility index (Phi) is 3.38. The monoisotopic (exact) mass is 304 g/mol. The van der Waals surface area contributed by atoms with E-state index in [4.69, 9.17) is 16.6 Å². The number of nitrogens with zero attached hydrogens (tertiary/aromatic N) is 4. The van der Waals surface area contributed by atoms with E-state index < -0.39 is 0 Å². The molecule has 2 aromatic heterocycles. The van der Waals surface area contributed by atoms with Gasteiger partial charge in [0.15, 0.2) is 5.65 Å². The normalized spacial score (nSPS) is 23.2. The summed E-state index contributed by atoms with van der Waals surface area (Å²) in [4.78, 5) is 12.1. The zero-order chi connectivity index (χ0) is 14.4. The Bertz CT molecular complexity index is 662. The van der Waals surface area contributed by atoms with Crippen molar-refractivity contribution in [1.29, 1.82) is 0 Å². The lowest BCUT2D eigenvalue weighted by molar-refractivity contribution is 0.313. The number of alkyl halides is 1. The molecule has 1 saturated heterocycles. The molecule has 0 spiro atoms. The number of halogens is 1. The summed E-state index contributed by atoms with van der Waals surface area (Å²) < 4.78 is 2.37. The molecular formula is C16H21ClN4. The van der Waals surface area contributed by atoms with Gasteiger partial charge in [0.2, 0.25) is 0 Å². The summed E-state index contributed by atoms with van der Waals surface area (Å²) in [6.45, 7) is 4.46. The molecule has 2 aliphatic rings. The zero-order valence-corrected chi connectivity index (χ0v) is 13.2. The topological polar surface area (TPSA) is 34.0 Å². The van der Waals surface area contributed by atoms with Gasteiger partial charge < -0.3 is 4.57 Å². The number of imidazole rings is 1. The molecule has 2 aromatic rings. The number of aromatic nitrogens is 3. The van der Waals surface area contributed by atoms with Crippen LogP contribution in [0.15, 0.2) is 12.3 Å². The minimum absolute atomic E-state index is 0.503. The second-order valence-electron chi connectivity index (χ2n) is 6.31. The number of likely N-dealkylation sites (tertiary alicyclic amines) is 1. The van der Waals surface area contributed by atoms with Crippen molar-refractivity contribution in [2.45, 2.75) is 44.7 Å². The second-order valence-corrected chi connectivity index (χ2v) is 6.68. The van der Waals surface area contributed by atoms with Crippen LogP contribution in [0.5, 0.6) is 0 Å². The summed E-state index contributed by atoms with van der Waals surface area (Å²) in [5, 5.41) is 0. The molecule has 1 unspecified atom stereocenters. The molecule has 2 fully saturated rings. The molecule has 4 rings (SSSR count). The van der Waals surface area contributed by atoms with Gasteiger partial charge in [0, 0.05) is 37.6 Å². The maximum Gasteiger partial charge on any atom is 0.160 e. The first-order valence-electron chi connectivity index (χ1n) is 7.90. The van der Waals surface area contributed by atoms with Crippen LogP contribution in [0.2, 0.25) is 0 Å². The van der Waals surface area contributed by atoms with Gasteiger partial charge in [0.05, 0.1) is 6.04 Å². The van der Waals surface area contributed by atoms with Gasteiger partial charge in [-0.25, -0.2) is 9.97 Å². The number of hydrogen-bond acceptors (Lipinski definition) is 3. The van der Waals surface area contributed by atoms with Gasteiger partial charge in [-0.15, -0.1) is 11.6 Å². The summed E-state index contributed by atoms with van der Waals surface area (Å²) in [5.74, 6) is 1.71. The Morgan fingerprint density at radius 2 is 2.14 bits per heavy atom. The van der Waals surface area contributed by atoms with Crippen molar-refractivity contribution < 1.29 is 0 Å². The third-order valence-electron chi connectivity index (χ3n) is 4.80.